The minimum Gasteiger partial charge on any atom is -0.467 e. The molecule has 5 nitrogen and oxygen atoms in total. The Bertz CT molecular complexity index is 576. The van der Waals surface area contributed by atoms with Gasteiger partial charge in [-0.2, -0.15) is 0 Å². The molecular formula is C17H23N3O2. The van der Waals surface area contributed by atoms with Crippen LogP contribution in [-0.2, 0) is 13.1 Å². The second kappa shape index (κ2) is 7.77. The van der Waals surface area contributed by atoms with Crippen molar-refractivity contribution in [2.45, 2.75) is 13.1 Å². The maximum Gasteiger partial charge on any atom is 0.254 e. The van der Waals surface area contributed by atoms with Crippen LogP contribution in [0.1, 0.15) is 21.7 Å². The number of furan rings is 1. The van der Waals surface area contributed by atoms with E-state index < -0.39 is 0 Å². The van der Waals surface area contributed by atoms with E-state index in [1.807, 2.05) is 50.5 Å². The highest BCUT2D eigenvalue weighted by Crippen LogP contribution is 2.12. The summed E-state index contributed by atoms with van der Waals surface area (Å²) in [6, 6.07) is 11.2. The molecule has 0 saturated carbocycles. The van der Waals surface area contributed by atoms with Gasteiger partial charge in [-0.3, -0.25) is 4.79 Å². The molecule has 2 N–H and O–H groups in total. The van der Waals surface area contributed by atoms with Crippen molar-refractivity contribution in [2.24, 2.45) is 5.73 Å². The van der Waals surface area contributed by atoms with Crippen molar-refractivity contribution in [3.63, 3.8) is 0 Å². The minimum atomic E-state index is 0.00169. The maximum absolute atomic E-state index is 12.7. The Hall–Kier alpha value is -2.11. The number of nitrogens with zero attached hydrogens (tertiary/aromatic N) is 2. The Morgan fingerprint density at radius 1 is 1.14 bits per heavy atom. The van der Waals surface area contributed by atoms with Crippen LogP contribution in [0.3, 0.4) is 0 Å². The number of carbonyl (C=O) groups is 1. The molecule has 22 heavy (non-hydrogen) atoms. The lowest BCUT2D eigenvalue weighted by Crippen LogP contribution is -2.36. The van der Waals surface area contributed by atoms with Crippen LogP contribution in [0.4, 0.5) is 0 Å². The van der Waals surface area contributed by atoms with Gasteiger partial charge >= 0.3 is 0 Å². The van der Waals surface area contributed by atoms with E-state index in [2.05, 4.69) is 4.90 Å². The van der Waals surface area contributed by atoms with E-state index in [9.17, 15) is 4.79 Å². The lowest BCUT2D eigenvalue weighted by Gasteiger charge is -2.23. The highest BCUT2D eigenvalue weighted by atomic mass is 16.3. The third kappa shape index (κ3) is 4.44. The average Bonchev–Trinajstić information content (AvgIpc) is 3.03. The van der Waals surface area contributed by atoms with Gasteiger partial charge in [0.1, 0.15) is 5.76 Å². The van der Waals surface area contributed by atoms with Crippen LogP contribution in [0.5, 0.6) is 0 Å². The van der Waals surface area contributed by atoms with Crippen molar-refractivity contribution in [2.75, 3.05) is 27.2 Å². The molecule has 0 bridgehead atoms. The van der Waals surface area contributed by atoms with Gasteiger partial charge in [0.2, 0.25) is 0 Å². The molecule has 0 unspecified atom stereocenters. The Kier molecular flexibility index (Phi) is 5.75. The fourth-order valence-electron chi connectivity index (χ4n) is 2.13. The first-order valence-electron chi connectivity index (χ1n) is 7.35. The highest BCUT2D eigenvalue weighted by molar-refractivity contribution is 5.94. The van der Waals surface area contributed by atoms with Crippen LogP contribution in [0.25, 0.3) is 0 Å². The van der Waals surface area contributed by atoms with E-state index in [1.165, 1.54) is 0 Å². The monoisotopic (exact) mass is 301 g/mol. The maximum atomic E-state index is 12.7. The van der Waals surface area contributed by atoms with Gasteiger partial charge in [-0.25, -0.2) is 0 Å². The molecule has 0 saturated heterocycles. The number of likely N-dealkylation sites (N-methyl/N-ethyl adjacent to an activating group) is 1. The second-order valence-electron chi connectivity index (χ2n) is 5.51. The molecular weight excluding hydrogens is 278 g/mol. The van der Waals surface area contributed by atoms with Gasteiger partial charge in [0.05, 0.1) is 12.8 Å². The van der Waals surface area contributed by atoms with Gasteiger partial charge in [-0.05, 0) is 43.9 Å². The van der Waals surface area contributed by atoms with E-state index in [0.717, 1.165) is 17.9 Å². The summed E-state index contributed by atoms with van der Waals surface area (Å²) in [6.07, 6.45) is 1.62. The minimum absolute atomic E-state index is 0.00169. The van der Waals surface area contributed by atoms with E-state index in [0.29, 0.717) is 25.2 Å². The fraction of sp³-hybridized carbons (Fsp3) is 0.353. The van der Waals surface area contributed by atoms with Crippen LogP contribution in [0.2, 0.25) is 0 Å². The summed E-state index contributed by atoms with van der Waals surface area (Å²) in [5.74, 6) is 0.785. The largest absolute Gasteiger partial charge is 0.467 e. The number of benzene rings is 1. The molecule has 0 aliphatic carbocycles. The number of amides is 1. The highest BCUT2D eigenvalue weighted by Gasteiger charge is 2.17. The predicted molar refractivity (Wildman–Crippen MR) is 86.3 cm³/mol. The number of carbonyl (C=O) groups excluding carboxylic acids is 1. The molecule has 5 heteroatoms. The van der Waals surface area contributed by atoms with Crippen molar-refractivity contribution in [1.82, 2.24) is 9.80 Å². The Morgan fingerprint density at radius 3 is 2.41 bits per heavy atom. The second-order valence-corrected chi connectivity index (χ2v) is 5.51. The molecule has 1 aromatic carbocycles. The van der Waals surface area contributed by atoms with E-state index in [4.69, 9.17) is 10.2 Å². The molecule has 2 aromatic rings. The Labute approximate surface area is 131 Å². The van der Waals surface area contributed by atoms with Crippen molar-refractivity contribution in [3.05, 3.63) is 59.5 Å². The molecule has 1 aromatic heterocycles. The van der Waals surface area contributed by atoms with Crippen LogP contribution in [-0.4, -0.2) is 42.9 Å². The summed E-state index contributed by atoms with van der Waals surface area (Å²) < 4.78 is 5.37. The lowest BCUT2D eigenvalue weighted by molar-refractivity contribution is 0.0720. The first kappa shape index (κ1) is 16.3. The summed E-state index contributed by atoms with van der Waals surface area (Å²) >= 11 is 0. The van der Waals surface area contributed by atoms with E-state index >= 15 is 0 Å². The van der Waals surface area contributed by atoms with Crippen LogP contribution < -0.4 is 5.73 Å². The molecule has 0 aliphatic heterocycles. The SMILES string of the molecule is CN(C)CCN(Cc1ccco1)C(=O)c1ccc(CN)cc1. The molecule has 118 valence electrons. The lowest BCUT2D eigenvalue weighted by atomic mass is 10.1. The molecule has 0 fully saturated rings. The van der Waals surface area contributed by atoms with Crippen molar-refractivity contribution >= 4 is 5.91 Å². The standard InChI is InChI=1S/C17H23N3O2/c1-19(2)9-10-20(13-16-4-3-11-22-16)17(21)15-7-5-14(12-18)6-8-15/h3-8,11H,9-10,12-13,18H2,1-2H3. The van der Waals surface area contributed by atoms with Gasteiger partial charge in [-0.15, -0.1) is 0 Å². The van der Waals surface area contributed by atoms with Crippen molar-refractivity contribution < 1.29 is 9.21 Å². The zero-order chi connectivity index (χ0) is 15.9. The summed E-state index contributed by atoms with van der Waals surface area (Å²) in [5, 5.41) is 0. The molecule has 2 rings (SSSR count). The van der Waals surface area contributed by atoms with Gasteiger partial charge in [0, 0.05) is 25.2 Å². The predicted octanol–water partition coefficient (Wildman–Crippen LogP) is 1.94. The van der Waals surface area contributed by atoms with Crippen LogP contribution >= 0.6 is 0 Å². The number of hydrogen-bond donors (Lipinski definition) is 1. The zero-order valence-corrected chi connectivity index (χ0v) is 13.2. The average molecular weight is 301 g/mol. The van der Waals surface area contributed by atoms with E-state index in [1.54, 1.807) is 11.2 Å². The van der Waals surface area contributed by atoms with Gasteiger partial charge in [0.15, 0.2) is 0 Å². The summed E-state index contributed by atoms with van der Waals surface area (Å²) in [4.78, 5) is 16.6. The third-order valence-electron chi connectivity index (χ3n) is 3.47. The quantitative estimate of drug-likeness (QED) is 0.849. The van der Waals surface area contributed by atoms with Crippen molar-refractivity contribution in [3.8, 4) is 0 Å². The van der Waals surface area contributed by atoms with E-state index in [-0.39, 0.29) is 5.91 Å². The zero-order valence-electron chi connectivity index (χ0n) is 13.2. The molecule has 0 radical (unpaired) electrons. The Balaban J connectivity index is 2.12. The Morgan fingerprint density at radius 2 is 1.86 bits per heavy atom. The summed E-state index contributed by atoms with van der Waals surface area (Å²) in [5.41, 5.74) is 7.28. The molecule has 0 atom stereocenters. The fourth-order valence-corrected chi connectivity index (χ4v) is 2.13. The molecule has 1 amide bonds. The normalized spacial score (nSPS) is 10.9. The number of rotatable bonds is 7. The summed E-state index contributed by atoms with van der Waals surface area (Å²) in [7, 11) is 3.98. The molecule has 0 spiro atoms. The first-order chi connectivity index (χ1) is 10.6. The molecule has 1 heterocycles. The number of hydrogen-bond acceptors (Lipinski definition) is 4. The van der Waals surface area contributed by atoms with Crippen molar-refractivity contribution in [1.29, 1.82) is 0 Å². The summed E-state index contributed by atoms with van der Waals surface area (Å²) in [6.45, 7) is 2.39. The number of nitrogens with two attached hydrogens (primary N) is 1. The van der Waals surface area contributed by atoms with Crippen LogP contribution in [0.15, 0.2) is 47.1 Å². The third-order valence-corrected chi connectivity index (χ3v) is 3.47. The molecule has 0 aliphatic rings. The topological polar surface area (TPSA) is 62.7 Å². The smallest absolute Gasteiger partial charge is 0.254 e. The van der Waals surface area contributed by atoms with Crippen LogP contribution in [0, 0.1) is 0 Å². The van der Waals surface area contributed by atoms with Gasteiger partial charge in [-0.1, -0.05) is 12.1 Å². The first-order valence-corrected chi connectivity index (χ1v) is 7.35. The van der Waals surface area contributed by atoms with Gasteiger partial charge < -0.3 is 20.0 Å². The van der Waals surface area contributed by atoms with Gasteiger partial charge in [0.25, 0.3) is 5.91 Å².